The third kappa shape index (κ3) is 4.85. The number of halogens is 2. The van der Waals surface area contributed by atoms with Crippen molar-refractivity contribution in [2.45, 2.75) is 50.1 Å². The van der Waals surface area contributed by atoms with E-state index in [0.717, 1.165) is 6.42 Å². The van der Waals surface area contributed by atoms with Crippen molar-refractivity contribution in [1.29, 1.82) is 0 Å². The number of rotatable bonds is 3. The number of hydrogen-bond donors (Lipinski definition) is 0. The van der Waals surface area contributed by atoms with Crippen molar-refractivity contribution in [3.63, 3.8) is 0 Å². The normalized spacial score (nSPS) is 17.7. The largest absolute Gasteiger partial charge is 1.00 e. The van der Waals surface area contributed by atoms with Gasteiger partial charge in [-0.3, -0.25) is 0 Å². The summed E-state index contributed by atoms with van der Waals surface area (Å²) in [6.45, 7) is 0. The molecule has 0 amide bonds. The predicted octanol–water partition coefficient (Wildman–Crippen LogP) is -0.225. The Hall–Kier alpha value is -0.809. The molecule has 0 radical (unpaired) electrons. The van der Waals surface area contributed by atoms with Crippen LogP contribution in [0.5, 0.6) is 0 Å². The fourth-order valence-corrected chi connectivity index (χ4v) is 7.57. The maximum absolute atomic E-state index is 13.9. The Morgan fingerprint density at radius 2 is 1.25 bits per heavy atom. The molecule has 0 saturated heterocycles. The van der Waals surface area contributed by atoms with E-state index < -0.39 is 8.84 Å². The van der Waals surface area contributed by atoms with E-state index in [1.165, 1.54) is 65.5 Å². The fraction of sp³-hybridized carbons (Fsp3) is 0.385. The molecule has 0 bridgehead atoms. The first-order valence-corrected chi connectivity index (χ1v) is 12.5. The van der Waals surface area contributed by atoms with Crippen LogP contribution in [0.4, 0.5) is 0 Å². The Balaban J connectivity index is 0.00000121. The average molecular weight is 519 g/mol. The van der Waals surface area contributed by atoms with Gasteiger partial charge in [0.1, 0.15) is 0 Å². The van der Waals surface area contributed by atoms with E-state index >= 15 is 0 Å². The van der Waals surface area contributed by atoms with Crippen molar-refractivity contribution in [3.05, 3.63) is 82.9 Å². The van der Waals surface area contributed by atoms with Crippen LogP contribution >= 0.6 is 0 Å². The Kier molecular flexibility index (Phi) is 9.50. The Labute approximate surface area is 221 Å². The molecule has 0 aliphatic heterocycles. The monoisotopic (exact) mass is 518 g/mol. The molecule has 0 spiro atoms. The Bertz CT molecular complexity index is 982. The van der Waals surface area contributed by atoms with Gasteiger partial charge in [-0.2, -0.15) is 0 Å². The van der Waals surface area contributed by atoms with Crippen LogP contribution in [0, 0.1) is 0 Å². The second kappa shape index (κ2) is 11.1. The van der Waals surface area contributed by atoms with Crippen LogP contribution in [0.15, 0.2) is 60.7 Å². The third-order valence-corrected chi connectivity index (χ3v) is 9.72. The van der Waals surface area contributed by atoms with Crippen LogP contribution in [-0.4, -0.2) is 33.1 Å². The molecular formula is C26H30Cl2NOSiTi-. The van der Waals surface area contributed by atoms with Crippen molar-refractivity contribution < 1.29 is 55.1 Å². The van der Waals surface area contributed by atoms with Gasteiger partial charge in [0.05, 0.1) is 25.7 Å². The van der Waals surface area contributed by atoms with Crippen LogP contribution < -0.4 is 24.8 Å². The smallest absolute Gasteiger partial charge is 0.564 e. The van der Waals surface area contributed by atoms with Gasteiger partial charge < -0.3 is 33.4 Å². The van der Waals surface area contributed by atoms with E-state index in [-0.39, 0.29) is 52.1 Å². The summed E-state index contributed by atoms with van der Waals surface area (Å²) in [4.78, 5) is 0. The topological polar surface area (TPSA) is 17.1 Å². The molecule has 1 fully saturated rings. The van der Waals surface area contributed by atoms with Gasteiger partial charge in [-0.1, -0.05) is 67.1 Å². The minimum Gasteiger partial charge on any atom is -1.00 e. The summed E-state index contributed by atoms with van der Waals surface area (Å²) in [5.41, 5.74) is 7.99. The molecule has 6 heteroatoms. The van der Waals surface area contributed by atoms with Gasteiger partial charge in [-0.05, 0) is 65.5 Å². The molecule has 168 valence electrons. The summed E-state index contributed by atoms with van der Waals surface area (Å²) in [5.74, 6) is 0. The second-order valence-corrected chi connectivity index (χ2v) is 11.8. The predicted molar refractivity (Wildman–Crippen MR) is 121 cm³/mol. The molecule has 3 aliphatic rings. The maximum atomic E-state index is 13.9. The summed E-state index contributed by atoms with van der Waals surface area (Å²) >= 11 is 0. The summed E-state index contributed by atoms with van der Waals surface area (Å²) < 4.78 is 14.6. The van der Waals surface area contributed by atoms with E-state index in [4.69, 9.17) is 0 Å². The quantitative estimate of drug-likeness (QED) is 0.513. The van der Waals surface area contributed by atoms with E-state index in [0.29, 0.717) is 10.2 Å². The van der Waals surface area contributed by atoms with Gasteiger partial charge in [0.25, 0.3) is 0 Å². The summed E-state index contributed by atoms with van der Waals surface area (Å²) in [7, 11) is 2.55. The van der Waals surface area contributed by atoms with Crippen molar-refractivity contribution in [2.24, 2.45) is 0 Å². The molecule has 0 N–H and O–H groups in total. The molecular weight excluding hydrogens is 489 g/mol. The van der Waals surface area contributed by atoms with Gasteiger partial charge in [-0.25, -0.2) is 0 Å². The fourth-order valence-electron chi connectivity index (χ4n) is 5.57. The maximum Gasteiger partial charge on any atom is 0.564 e. The van der Waals surface area contributed by atoms with Crippen molar-refractivity contribution >= 4 is 20.0 Å². The molecule has 32 heavy (non-hydrogen) atoms. The van der Waals surface area contributed by atoms with Crippen molar-refractivity contribution in [3.8, 4) is 0 Å². The molecule has 0 aromatic heterocycles. The zero-order chi connectivity index (χ0) is 20.0. The minimum absolute atomic E-state index is 0. The molecule has 1 saturated carbocycles. The summed E-state index contributed by atoms with van der Waals surface area (Å²) in [5, 5.41) is 0. The average Bonchev–Trinajstić information content (AvgIpc) is 3.14. The number of benzene rings is 2. The van der Waals surface area contributed by atoms with Crippen molar-refractivity contribution in [2.75, 3.05) is 14.1 Å². The number of hydrogen-bond acceptors (Lipinski definition) is 1. The molecule has 0 heterocycles. The molecule has 0 unspecified atom stereocenters. The van der Waals surface area contributed by atoms with Gasteiger partial charge in [0, 0.05) is 21.7 Å². The van der Waals surface area contributed by atoms with E-state index in [9.17, 15) is 4.46 Å². The van der Waals surface area contributed by atoms with Crippen LogP contribution in [-0.2, 0) is 32.6 Å². The summed E-state index contributed by atoms with van der Waals surface area (Å²) in [6, 6.07) is 18.0. The first-order chi connectivity index (χ1) is 14.1. The van der Waals surface area contributed by atoms with E-state index in [1.54, 1.807) is 0 Å². The number of allylic oxidation sites excluding steroid dienone is 4. The van der Waals surface area contributed by atoms with E-state index in [2.05, 4.69) is 74.8 Å². The Morgan fingerprint density at radius 3 is 1.75 bits per heavy atom. The first-order valence-electron chi connectivity index (χ1n) is 11.0. The second-order valence-electron chi connectivity index (χ2n) is 9.35. The molecule has 0 atom stereocenters. The van der Waals surface area contributed by atoms with Crippen LogP contribution in [0.1, 0.15) is 54.4 Å². The van der Waals surface area contributed by atoms with E-state index in [1.807, 2.05) is 0 Å². The number of fused-ring (bicyclic) bond motifs is 5. The first kappa shape index (κ1) is 27.4. The molecule has 2 nitrogen and oxygen atoms in total. The molecule has 3 aliphatic carbocycles. The summed E-state index contributed by atoms with van der Waals surface area (Å²) in [6.07, 6.45) is 11.9. The molecule has 2 aromatic rings. The zero-order valence-corrected chi connectivity index (χ0v) is 22.9. The third-order valence-electron chi connectivity index (χ3n) is 7.32. The van der Waals surface area contributed by atoms with Crippen LogP contribution in [0.2, 0.25) is 5.54 Å². The van der Waals surface area contributed by atoms with Crippen LogP contribution in [0.3, 0.4) is 0 Å². The number of quaternary nitrogens is 1. The van der Waals surface area contributed by atoms with Crippen LogP contribution in [0.25, 0.3) is 11.1 Å². The van der Waals surface area contributed by atoms with Gasteiger partial charge >= 0.3 is 8.84 Å². The molecule has 5 rings (SSSR count). The number of nitrogens with zero attached hydrogens (tertiary/aromatic N) is 1. The van der Waals surface area contributed by atoms with Crippen molar-refractivity contribution in [1.82, 2.24) is 0 Å². The van der Waals surface area contributed by atoms with Gasteiger partial charge in [0.15, 0.2) is 0 Å². The minimum atomic E-state index is -1.88. The standard InChI is InChI=1S/C26H30NOSi.2ClH.Ti/c1-27(2,21-12-4-3-5-13-21)29(28)22-17-25-23-14-8-6-10-19(23)16-20-11-7-9-15-24(20)26(25)18-22;;;/h6-11,14-15,17-18,21-22H,3-5,12-13,16H2,1-2H3;2*1H;/q+1;;;/p-2. The zero-order valence-electron chi connectivity index (χ0n) is 18.8. The van der Waals surface area contributed by atoms with Gasteiger partial charge in [-0.15, -0.1) is 0 Å². The van der Waals surface area contributed by atoms with Gasteiger partial charge in [0.2, 0.25) is 0 Å². The Morgan fingerprint density at radius 1 is 0.781 bits per heavy atom. The SMILES string of the molecule is C[N+](C)(C1CCCCC1)[Si](=O)C1C=C2C(=C1)c1ccccc1Cc1ccccc12.[Cl-].[Cl-].[Ti]. The molecule has 2 aromatic carbocycles.